The lowest BCUT2D eigenvalue weighted by atomic mass is 10.3. The van der Waals surface area contributed by atoms with Crippen LogP contribution >= 0.6 is 24.4 Å². The normalized spacial score (nSPS) is 10.9. The third kappa shape index (κ3) is 1.70. The number of aromatic nitrogens is 4. The number of aryl methyl sites for hydroxylation is 1. The molecular formula is C12H10N4S2. The van der Waals surface area contributed by atoms with Crippen LogP contribution in [-0.2, 0) is 0 Å². The van der Waals surface area contributed by atoms with Gasteiger partial charge < -0.3 is 9.97 Å². The molecular weight excluding hydrogens is 264 g/mol. The van der Waals surface area contributed by atoms with E-state index in [0.29, 0.717) is 9.41 Å². The molecule has 0 aliphatic heterocycles. The van der Waals surface area contributed by atoms with Gasteiger partial charge in [-0.25, -0.2) is 4.68 Å². The molecule has 0 fully saturated rings. The molecule has 3 rings (SSSR count). The van der Waals surface area contributed by atoms with Gasteiger partial charge in [0, 0.05) is 0 Å². The monoisotopic (exact) mass is 274 g/mol. The summed E-state index contributed by atoms with van der Waals surface area (Å²) in [5.74, 6) is 0. The first kappa shape index (κ1) is 11.3. The summed E-state index contributed by atoms with van der Waals surface area (Å²) >= 11 is 10.4. The maximum Gasteiger partial charge on any atom is 0.177 e. The summed E-state index contributed by atoms with van der Waals surface area (Å²) in [6, 6.07) is 9.88. The second-order valence-corrected chi connectivity index (χ2v) is 4.78. The van der Waals surface area contributed by atoms with Gasteiger partial charge in [0.25, 0.3) is 0 Å². The lowest BCUT2D eigenvalue weighted by Gasteiger charge is -2.02. The van der Waals surface area contributed by atoms with Gasteiger partial charge in [-0.1, -0.05) is 30.4 Å². The van der Waals surface area contributed by atoms with Crippen LogP contribution in [0.5, 0.6) is 0 Å². The average Bonchev–Trinajstić information content (AvgIpc) is 2.67. The summed E-state index contributed by atoms with van der Waals surface area (Å²) in [7, 11) is 0. The highest BCUT2D eigenvalue weighted by Gasteiger charge is 2.10. The zero-order valence-corrected chi connectivity index (χ0v) is 11.2. The highest BCUT2D eigenvalue weighted by Crippen LogP contribution is 2.19. The van der Waals surface area contributed by atoms with Crippen molar-refractivity contribution in [3.63, 3.8) is 0 Å². The highest BCUT2D eigenvalue weighted by atomic mass is 32.1. The third-order valence-electron chi connectivity index (χ3n) is 2.75. The topological polar surface area (TPSA) is 49.4 Å². The maximum atomic E-state index is 5.30. The number of hydrogen-bond donors (Lipinski definition) is 2. The molecule has 0 unspecified atom stereocenters. The molecule has 1 aromatic carbocycles. The van der Waals surface area contributed by atoms with Crippen LogP contribution in [-0.4, -0.2) is 19.7 Å². The van der Waals surface area contributed by atoms with E-state index in [2.05, 4.69) is 15.1 Å². The van der Waals surface area contributed by atoms with Crippen molar-refractivity contribution in [1.82, 2.24) is 19.7 Å². The van der Waals surface area contributed by atoms with Gasteiger partial charge in [-0.15, -0.1) is 0 Å². The predicted octanol–water partition coefficient (Wildman–Crippen LogP) is 3.45. The summed E-state index contributed by atoms with van der Waals surface area (Å²) in [6.45, 7) is 1.93. The first-order valence-electron chi connectivity index (χ1n) is 5.44. The minimum absolute atomic E-state index is 0.504. The fourth-order valence-electron chi connectivity index (χ4n) is 1.97. The maximum absolute atomic E-state index is 5.30. The van der Waals surface area contributed by atoms with Gasteiger partial charge in [-0.3, -0.25) is 0 Å². The Kier molecular flexibility index (Phi) is 2.61. The van der Waals surface area contributed by atoms with Crippen molar-refractivity contribution >= 4 is 35.5 Å². The Morgan fingerprint density at radius 2 is 1.83 bits per heavy atom. The van der Waals surface area contributed by atoms with Crippen LogP contribution in [0.2, 0.25) is 0 Å². The first-order valence-corrected chi connectivity index (χ1v) is 6.26. The predicted molar refractivity (Wildman–Crippen MR) is 76.2 cm³/mol. The highest BCUT2D eigenvalue weighted by molar-refractivity contribution is 7.72. The SMILES string of the molecule is Cc1nn(-c2ccccc2)c2[nH]c(=S)[nH]c(=S)c12. The molecule has 90 valence electrons. The number of H-pyrrole nitrogens is 2. The minimum Gasteiger partial charge on any atom is -0.323 e. The Bertz CT molecular complexity index is 827. The van der Waals surface area contributed by atoms with Crippen molar-refractivity contribution in [3.05, 3.63) is 45.4 Å². The standard InChI is InChI=1S/C12H10N4S2/c1-7-9-10(13-12(18)14-11(9)17)16(15-7)8-5-3-2-4-6-8/h2-6H,1H3,(H2,13,14,17,18). The number of para-hydroxylation sites is 1. The fourth-order valence-corrected chi connectivity index (χ4v) is 2.58. The van der Waals surface area contributed by atoms with Crippen molar-refractivity contribution in [1.29, 1.82) is 0 Å². The van der Waals surface area contributed by atoms with Crippen molar-refractivity contribution in [3.8, 4) is 5.69 Å². The number of nitrogens with zero attached hydrogens (tertiary/aromatic N) is 2. The molecule has 0 aliphatic rings. The van der Waals surface area contributed by atoms with E-state index >= 15 is 0 Å². The van der Waals surface area contributed by atoms with Crippen LogP contribution in [0, 0.1) is 16.3 Å². The minimum atomic E-state index is 0.504. The number of hydrogen-bond acceptors (Lipinski definition) is 3. The Hall–Kier alpha value is -1.79. The quantitative estimate of drug-likeness (QED) is 0.668. The fraction of sp³-hybridized carbons (Fsp3) is 0.0833. The number of benzene rings is 1. The summed E-state index contributed by atoms with van der Waals surface area (Å²) < 4.78 is 2.95. The molecule has 0 saturated heterocycles. The van der Waals surface area contributed by atoms with Gasteiger partial charge in [0.15, 0.2) is 4.77 Å². The molecule has 0 spiro atoms. The second-order valence-electron chi connectivity index (χ2n) is 3.96. The molecule has 0 bridgehead atoms. The Labute approximate surface area is 113 Å². The van der Waals surface area contributed by atoms with E-state index in [4.69, 9.17) is 24.4 Å². The number of rotatable bonds is 1. The first-order chi connectivity index (χ1) is 8.66. The molecule has 0 atom stereocenters. The Morgan fingerprint density at radius 3 is 2.56 bits per heavy atom. The molecule has 2 aromatic heterocycles. The largest absolute Gasteiger partial charge is 0.323 e. The van der Waals surface area contributed by atoms with Crippen molar-refractivity contribution in [2.75, 3.05) is 0 Å². The summed E-state index contributed by atoms with van der Waals surface area (Å²) in [5, 5.41) is 5.42. The molecule has 2 heterocycles. The summed E-state index contributed by atoms with van der Waals surface area (Å²) in [5.41, 5.74) is 2.68. The van der Waals surface area contributed by atoms with E-state index in [1.54, 1.807) is 0 Å². The molecule has 0 aliphatic carbocycles. The van der Waals surface area contributed by atoms with Gasteiger partial charge in [-0.2, -0.15) is 5.10 Å². The number of aromatic amines is 2. The van der Waals surface area contributed by atoms with E-state index in [1.165, 1.54) is 0 Å². The second kappa shape index (κ2) is 4.15. The Balaban J connectivity index is 2.46. The van der Waals surface area contributed by atoms with Gasteiger partial charge in [0.05, 0.1) is 16.8 Å². The van der Waals surface area contributed by atoms with Gasteiger partial charge in [0.1, 0.15) is 10.3 Å². The van der Waals surface area contributed by atoms with Crippen molar-refractivity contribution in [2.24, 2.45) is 0 Å². The van der Waals surface area contributed by atoms with Gasteiger partial charge >= 0.3 is 0 Å². The number of fused-ring (bicyclic) bond motifs is 1. The van der Waals surface area contributed by atoms with E-state index in [-0.39, 0.29) is 0 Å². The third-order valence-corrected chi connectivity index (χ3v) is 3.26. The van der Waals surface area contributed by atoms with Crippen LogP contribution in [0.4, 0.5) is 0 Å². The average molecular weight is 274 g/mol. The lowest BCUT2D eigenvalue weighted by Crippen LogP contribution is -1.98. The van der Waals surface area contributed by atoms with E-state index in [9.17, 15) is 0 Å². The molecule has 2 N–H and O–H groups in total. The summed E-state index contributed by atoms with van der Waals surface area (Å²) in [6.07, 6.45) is 0. The van der Waals surface area contributed by atoms with Crippen LogP contribution in [0.3, 0.4) is 0 Å². The molecule has 6 heteroatoms. The van der Waals surface area contributed by atoms with Crippen molar-refractivity contribution < 1.29 is 0 Å². The van der Waals surface area contributed by atoms with E-state index in [1.807, 2.05) is 41.9 Å². The number of nitrogens with one attached hydrogen (secondary N) is 2. The zero-order valence-electron chi connectivity index (χ0n) is 9.60. The molecule has 0 radical (unpaired) electrons. The van der Waals surface area contributed by atoms with Gasteiger partial charge in [-0.05, 0) is 31.3 Å². The Morgan fingerprint density at radius 1 is 1.11 bits per heavy atom. The molecule has 4 nitrogen and oxygen atoms in total. The molecule has 0 amide bonds. The van der Waals surface area contributed by atoms with Crippen molar-refractivity contribution in [2.45, 2.75) is 6.92 Å². The van der Waals surface area contributed by atoms with Crippen LogP contribution in [0.15, 0.2) is 30.3 Å². The van der Waals surface area contributed by atoms with E-state index in [0.717, 1.165) is 22.4 Å². The van der Waals surface area contributed by atoms with Gasteiger partial charge in [0.2, 0.25) is 0 Å². The van der Waals surface area contributed by atoms with Crippen LogP contribution in [0.25, 0.3) is 16.7 Å². The lowest BCUT2D eigenvalue weighted by molar-refractivity contribution is 0.875. The van der Waals surface area contributed by atoms with Crippen LogP contribution in [0.1, 0.15) is 5.69 Å². The molecule has 18 heavy (non-hydrogen) atoms. The van der Waals surface area contributed by atoms with E-state index < -0.39 is 0 Å². The molecule has 0 saturated carbocycles. The molecule has 3 aromatic rings. The smallest absolute Gasteiger partial charge is 0.177 e. The zero-order chi connectivity index (χ0) is 12.7. The summed E-state index contributed by atoms with van der Waals surface area (Å²) in [4.78, 5) is 6.05. The van der Waals surface area contributed by atoms with Crippen LogP contribution < -0.4 is 0 Å².